The molecule has 8 heteroatoms. The lowest BCUT2D eigenvalue weighted by molar-refractivity contribution is 0.0774. The number of amides is 1. The van der Waals surface area contributed by atoms with Crippen LogP contribution in [0, 0.1) is 11.8 Å². The van der Waals surface area contributed by atoms with E-state index >= 15 is 0 Å². The maximum absolute atomic E-state index is 12.6. The molecule has 3 aliphatic rings. The van der Waals surface area contributed by atoms with E-state index in [0.717, 1.165) is 24.6 Å². The molecule has 140 valence electrons. The standard InChI is InChI=1S/C19H22N6O2/c26-18-17(20-4-5-21-18)19(27)25-9-13-7-24(8-14(13)10-25)16-6-15(22-11-23-16)12-2-1-3-12/h4-6,11-14H,1-3,7-10H2,(H,21,26). The van der Waals surface area contributed by atoms with Crippen LogP contribution in [0.4, 0.5) is 5.82 Å². The van der Waals surface area contributed by atoms with Crippen molar-refractivity contribution in [2.45, 2.75) is 25.2 Å². The van der Waals surface area contributed by atoms with Crippen molar-refractivity contribution >= 4 is 11.7 Å². The number of H-pyrrole nitrogens is 1. The van der Waals surface area contributed by atoms with Gasteiger partial charge in [0, 0.05) is 68.1 Å². The van der Waals surface area contributed by atoms with Gasteiger partial charge in [-0.2, -0.15) is 0 Å². The lowest BCUT2D eigenvalue weighted by atomic mass is 9.83. The zero-order valence-electron chi connectivity index (χ0n) is 15.0. The normalized spacial score (nSPS) is 24.7. The molecular weight excluding hydrogens is 344 g/mol. The van der Waals surface area contributed by atoms with Gasteiger partial charge in [0.1, 0.15) is 12.1 Å². The summed E-state index contributed by atoms with van der Waals surface area (Å²) < 4.78 is 0. The highest BCUT2D eigenvalue weighted by molar-refractivity contribution is 5.92. The third-order valence-electron chi connectivity index (χ3n) is 6.20. The Balaban J connectivity index is 1.27. The largest absolute Gasteiger partial charge is 0.356 e. The highest BCUT2D eigenvalue weighted by Crippen LogP contribution is 2.37. The van der Waals surface area contributed by atoms with Crippen LogP contribution in [-0.2, 0) is 0 Å². The predicted octanol–water partition coefficient (Wildman–Crippen LogP) is 1.04. The summed E-state index contributed by atoms with van der Waals surface area (Å²) in [6.45, 7) is 3.09. The summed E-state index contributed by atoms with van der Waals surface area (Å²) in [5.41, 5.74) is 0.718. The zero-order valence-corrected chi connectivity index (χ0v) is 15.0. The third-order valence-corrected chi connectivity index (χ3v) is 6.20. The number of nitrogens with zero attached hydrogens (tertiary/aromatic N) is 5. The maximum Gasteiger partial charge on any atom is 0.279 e. The second-order valence-corrected chi connectivity index (χ2v) is 7.83. The Kier molecular flexibility index (Phi) is 3.91. The van der Waals surface area contributed by atoms with E-state index in [4.69, 9.17) is 0 Å². The molecule has 4 heterocycles. The van der Waals surface area contributed by atoms with Gasteiger partial charge in [-0.25, -0.2) is 15.0 Å². The topological polar surface area (TPSA) is 95.1 Å². The molecular formula is C19H22N6O2. The average Bonchev–Trinajstić information content (AvgIpc) is 3.19. The van der Waals surface area contributed by atoms with Gasteiger partial charge in [-0.05, 0) is 12.8 Å². The van der Waals surface area contributed by atoms with Crippen molar-refractivity contribution in [3.05, 3.63) is 46.5 Å². The summed E-state index contributed by atoms with van der Waals surface area (Å²) in [5, 5.41) is 0. The van der Waals surface area contributed by atoms with Crippen LogP contribution in [0.15, 0.2) is 29.6 Å². The molecule has 5 rings (SSSR count). The third kappa shape index (κ3) is 2.89. The monoisotopic (exact) mass is 366 g/mol. The average molecular weight is 366 g/mol. The Hall–Kier alpha value is -2.77. The first kappa shape index (κ1) is 16.4. The van der Waals surface area contributed by atoms with Gasteiger partial charge in [0.05, 0.1) is 0 Å². The first-order valence-electron chi connectivity index (χ1n) is 9.59. The predicted molar refractivity (Wildman–Crippen MR) is 98.6 cm³/mol. The Morgan fingerprint density at radius 3 is 2.52 bits per heavy atom. The van der Waals surface area contributed by atoms with E-state index in [1.165, 1.54) is 31.7 Å². The molecule has 1 amide bonds. The van der Waals surface area contributed by atoms with Crippen molar-refractivity contribution in [3.8, 4) is 0 Å². The molecule has 0 spiro atoms. The lowest BCUT2D eigenvalue weighted by Crippen LogP contribution is -2.36. The van der Waals surface area contributed by atoms with Gasteiger partial charge < -0.3 is 14.8 Å². The minimum absolute atomic E-state index is 0.0183. The summed E-state index contributed by atoms with van der Waals surface area (Å²) in [7, 11) is 0. The molecule has 2 aromatic heterocycles. The molecule has 0 bridgehead atoms. The van der Waals surface area contributed by atoms with E-state index in [1.807, 2.05) is 0 Å². The van der Waals surface area contributed by atoms with Crippen LogP contribution in [0.2, 0.25) is 0 Å². The molecule has 3 fully saturated rings. The molecule has 2 aromatic rings. The first-order chi connectivity index (χ1) is 13.2. The number of carbonyl (C=O) groups excluding carboxylic acids is 1. The number of hydrogen-bond acceptors (Lipinski definition) is 6. The summed E-state index contributed by atoms with van der Waals surface area (Å²) in [6, 6.07) is 2.14. The molecule has 2 atom stereocenters. The van der Waals surface area contributed by atoms with Crippen molar-refractivity contribution in [2.75, 3.05) is 31.1 Å². The number of likely N-dealkylation sites (tertiary alicyclic amines) is 1. The molecule has 0 aromatic carbocycles. The van der Waals surface area contributed by atoms with Crippen molar-refractivity contribution in [1.29, 1.82) is 0 Å². The van der Waals surface area contributed by atoms with Crippen LogP contribution >= 0.6 is 0 Å². The van der Waals surface area contributed by atoms with Crippen LogP contribution < -0.4 is 10.5 Å². The number of anilines is 1. The fourth-order valence-electron chi connectivity index (χ4n) is 4.46. The van der Waals surface area contributed by atoms with Crippen LogP contribution in [0.1, 0.15) is 41.4 Å². The number of aromatic nitrogens is 4. The fraction of sp³-hybridized carbons (Fsp3) is 0.526. The maximum atomic E-state index is 12.6. The van der Waals surface area contributed by atoms with Crippen LogP contribution in [-0.4, -0.2) is 56.9 Å². The molecule has 0 radical (unpaired) electrons. The number of hydrogen-bond donors (Lipinski definition) is 1. The first-order valence-corrected chi connectivity index (χ1v) is 9.59. The molecule has 27 heavy (non-hydrogen) atoms. The van der Waals surface area contributed by atoms with Crippen molar-refractivity contribution in [2.24, 2.45) is 11.8 Å². The molecule has 1 saturated carbocycles. The quantitative estimate of drug-likeness (QED) is 0.872. The van der Waals surface area contributed by atoms with Crippen molar-refractivity contribution < 1.29 is 4.79 Å². The molecule has 2 saturated heterocycles. The summed E-state index contributed by atoms with van der Waals surface area (Å²) in [4.78, 5) is 43.9. The smallest absolute Gasteiger partial charge is 0.279 e. The van der Waals surface area contributed by atoms with Gasteiger partial charge in [-0.15, -0.1) is 0 Å². The van der Waals surface area contributed by atoms with E-state index in [1.54, 1.807) is 11.2 Å². The molecule has 1 N–H and O–H groups in total. The van der Waals surface area contributed by atoms with Crippen LogP contribution in [0.5, 0.6) is 0 Å². The zero-order chi connectivity index (χ0) is 18.4. The Morgan fingerprint density at radius 1 is 1.07 bits per heavy atom. The number of nitrogens with one attached hydrogen (secondary N) is 1. The fourth-order valence-corrected chi connectivity index (χ4v) is 4.46. The van der Waals surface area contributed by atoms with Crippen LogP contribution in [0.3, 0.4) is 0 Å². The Morgan fingerprint density at radius 2 is 1.85 bits per heavy atom. The van der Waals surface area contributed by atoms with Gasteiger partial charge in [-0.3, -0.25) is 9.59 Å². The van der Waals surface area contributed by atoms with Gasteiger partial charge in [0.2, 0.25) is 0 Å². The molecule has 2 aliphatic heterocycles. The molecule has 2 unspecified atom stereocenters. The van der Waals surface area contributed by atoms with E-state index in [9.17, 15) is 9.59 Å². The van der Waals surface area contributed by atoms with Crippen molar-refractivity contribution in [1.82, 2.24) is 24.8 Å². The van der Waals surface area contributed by atoms with Crippen molar-refractivity contribution in [3.63, 3.8) is 0 Å². The SMILES string of the molecule is O=C(c1ncc[nH]c1=O)N1CC2CN(c3cc(C4CCC4)ncn3)CC2C1. The summed E-state index contributed by atoms with van der Waals surface area (Å²) >= 11 is 0. The Bertz CT molecular complexity index is 910. The highest BCUT2D eigenvalue weighted by atomic mass is 16.2. The van der Waals surface area contributed by atoms with Crippen LogP contribution in [0.25, 0.3) is 0 Å². The number of rotatable bonds is 3. The van der Waals surface area contributed by atoms with Gasteiger partial charge in [0.15, 0.2) is 5.69 Å². The Labute approximate surface area is 156 Å². The minimum atomic E-state index is -0.425. The van der Waals surface area contributed by atoms with E-state index in [-0.39, 0.29) is 11.6 Å². The molecule has 8 nitrogen and oxygen atoms in total. The number of aromatic amines is 1. The van der Waals surface area contributed by atoms with Gasteiger partial charge >= 0.3 is 0 Å². The van der Waals surface area contributed by atoms with Gasteiger partial charge in [-0.1, -0.05) is 6.42 Å². The number of carbonyl (C=O) groups is 1. The highest BCUT2D eigenvalue weighted by Gasteiger charge is 2.42. The lowest BCUT2D eigenvalue weighted by Gasteiger charge is -2.26. The minimum Gasteiger partial charge on any atom is -0.356 e. The van der Waals surface area contributed by atoms with E-state index in [2.05, 4.69) is 30.9 Å². The second-order valence-electron chi connectivity index (χ2n) is 7.83. The summed E-state index contributed by atoms with van der Waals surface area (Å²) in [6.07, 6.45) is 8.31. The summed E-state index contributed by atoms with van der Waals surface area (Å²) in [5.74, 6) is 2.13. The van der Waals surface area contributed by atoms with E-state index in [0.29, 0.717) is 30.8 Å². The second kappa shape index (κ2) is 6.44. The molecule has 1 aliphatic carbocycles. The van der Waals surface area contributed by atoms with E-state index < -0.39 is 5.56 Å². The van der Waals surface area contributed by atoms with Gasteiger partial charge in [0.25, 0.3) is 11.5 Å². The number of fused-ring (bicyclic) bond motifs is 1.